The number of nitrogens with one attached hydrogen (secondary N) is 1. The van der Waals surface area contributed by atoms with Crippen molar-refractivity contribution in [3.05, 3.63) is 29.3 Å². The van der Waals surface area contributed by atoms with Crippen molar-refractivity contribution in [1.29, 1.82) is 0 Å². The quantitative estimate of drug-likeness (QED) is 0.775. The van der Waals surface area contributed by atoms with Crippen LogP contribution in [-0.4, -0.2) is 65.2 Å². The van der Waals surface area contributed by atoms with Crippen molar-refractivity contribution in [2.24, 2.45) is 7.05 Å². The number of rotatable bonds is 7. The second-order valence-electron chi connectivity index (χ2n) is 6.37. The average molecular weight is 379 g/mol. The number of carbonyl (C=O) groups excluding carboxylic acids is 1. The molecule has 142 valence electrons. The number of nitrogens with zero attached hydrogens (tertiary/aromatic N) is 5. The van der Waals surface area contributed by atoms with E-state index in [0.29, 0.717) is 13.2 Å². The zero-order chi connectivity index (χ0) is 18.5. The third-order valence-electron chi connectivity index (χ3n) is 4.55. The molecule has 1 saturated heterocycles. The highest BCUT2D eigenvalue weighted by atomic mass is 32.1. The monoisotopic (exact) mass is 378 g/mol. The van der Waals surface area contributed by atoms with Gasteiger partial charge in [0.1, 0.15) is 5.82 Å². The Balaban J connectivity index is 1.72. The van der Waals surface area contributed by atoms with Gasteiger partial charge in [0.15, 0.2) is 5.13 Å². The van der Waals surface area contributed by atoms with Crippen LogP contribution in [0.3, 0.4) is 0 Å². The first-order chi connectivity index (χ1) is 12.6. The maximum atomic E-state index is 11.9. The van der Waals surface area contributed by atoms with Crippen molar-refractivity contribution in [2.45, 2.75) is 19.5 Å². The van der Waals surface area contributed by atoms with Gasteiger partial charge in [-0.3, -0.25) is 14.6 Å². The number of aryl methyl sites for hydroxylation is 1. The van der Waals surface area contributed by atoms with Crippen molar-refractivity contribution >= 4 is 22.4 Å². The molecule has 9 heteroatoms. The molecule has 3 heterocycles. The van der Waals surface area contributed by atoms with Gasteiger partial charge in [-0.25, -0.2) is 9.97 Å². The SMILES string of the molecule is COCCN(C(C)=O)c1nc(CN2CCNCC2c2nccn2C)cs1. The number of methoxy groups -OCH3 is 1. The maximum absolute atomic E-state index is 11.9. The topological polar surface area (TPSA) is 75.5 Å². The third-order valence-corrected chi connectivity index (χ3v) is 5.46. The molecule has 1 fully saturated rings. The first-order valence-electron chi connectivity index (χ1n) is 8.73. The molecule has 1 aliphatic rings. The van der Waals surface area contributed by atoms with Crippen molar-refractivity contribution < 1.29 is 9.53 Å². The molecule has 26 heavy (non-hydrogen) atoms. The molecule has 3 rings (SSSR count). The number of carbonyl (C=O) groups is 1. The van der Waals surface area contributed by atoms with Gasteiger partial charge in [0, 0.05) is 65.0 Å². The summed E-state index contributed by atoms with van der Waals surface area (Å²) in [6, 6.07) is 0.214. The van der Waals surface area contributed by atoms with Crippen LogP contribution >= 0.6 is 11.3 Å². The highest BCUT2D eigenvalue weighted by Crippen LogP contribution is 2.26. The summed E-state index contributed by atoms with van der Waals surface area (Å²) in [5.41, 5.74) is 0.981. The van der Waals surface area contributed by atoms with E-state index in [9.17, 15) is 4.79 Å². The molecule has 0 aliphatic carbocycles. The number of ether oxygens (including phenoxy) is 1. The number of aromatic nitrogens is 3. The molecular weight excluding hydrogens is 352 g/mol. The molecule has 0 radical (unpaired) electrons. The Morgan fingerprint density at radius 3 is 3.08 bits per heavy atom. The molecular formula is C17H26N6O2S. The second kappa shape index (κ2) is 8.72. The van der Waals surface area contributed by atoms with Crippen LogP contribution in [0.2, 0.25) is 0 Å². The van der Waals surface area contributed by atoms with Crippen LogP contribution in [0.4, 0.5) is 5.13 Å². The lowest BCUT2D eigenvalue weighted by molar-refractivity contribution is -0.116. The van der Waals surface area contributed by atoms with Gasteiger partial charge in [0.2, 0.25) is 5.91 Å². The Morgan fingerprint density at radius 1 is 1.54 bits per heavy atom. The predicted molar refractivity (Wildman–Crippen MR) is 101 cm³/mol. The highest BCUT2D eigenvalue weighted by Gasteiger charge is 2.27. The van der Waals surface area contributed by atoms with Crippen LogP contribution in [0.5, 0.6) is 0 Å². The summed E-state index contributed by atoms with van der Waals surface area (Å²) < 4.78 is 7.17. The fourth-order valence-corrected chi connectivity index (χ4v) is 4.05. The number of hydrogen-bond donors (Lipinski definition) is 1. The van der Waals surface area contributed by atoms with Crippen LogP contribution in [0.1, 0.15) is 24.5 Å². The number of hydrogen-bond acceptors (Lipinski definition) is 7. The number of imidazole rings is 1. The van der Waals surface area contributed by atoms with E-state index in [1.807, 2.05) is 24.8 Å². The van der Waals surface area contributed by atoms with E-state index in [1.165, 1.54) is 11.3 Å². The number of amides is 1. The van der Waals surface area contributed by atoms with E-state index >= 15 is 0 Å². The van der Waals surface area contributed by atoms with E-state index < -0.39 is 0 Å². The molecule has 1 amide bonds. The van der Waals surface area contributed by atoms with Gasteiger partial charge in [-0.15, -0.1) is 11.3 Å². The third kappa shape index (κ3) is 4.29. The number of piperazine rings is 1. The van der Waals surface area contributed by atoms with Crippen LogP contribution in [0.15, 0.2) is 17.8 Å². The minimum Gasteiger partial charge on any atom is -0.383 e. The van der Waals surface area contributed by atoms with Crippen LogP contribution in [0.25, 0.3) is 0 Å². The van der Waals surface area contributed by atoms with Gasteiger partial charge in [-0.05, 0) is 0 Å². The molecule has 2 aromatic rings. The first-order valence-corrected chi connectivity index (χ1v) is 9.61. The lowest BCUT2D eigenvalue weighted by atomic mass is 10.1. The largest absolute Gasteiger partial charge is 0.383 e. The Morgan fingerprint density at radius 2 is 2.38 bits per heavy atom. The molecule has 1 N–H and O–H groups in total. The predicted octanol–water partition coefficient (Wildman–Crippen LogP) is 1.02. The summed E-state index contributed by atoms with van der Waals surface area (Å²) in [6.45, 7) is 6.07. The molecule has 0 bridgehead atoms. The summed E-state index contributed by atoms with van der Waals surface area (Å²) in [5, 5.41) is 6.22. The zero-order valence-corrected chi connectivity index (χ0v) is 16.3. The first kappa shape index (κ1) is 19.0. The van der Waals surface area contributed by atoms with E-state index in [4.69, 9.17) is 9.72 Å². The van der Waals surface area contributed by atoms with Crippen LogP contribution in [-0.2, 0) is 23.1 Å². The number of thiazole rings is 1. The van der Waals surface area contributed by atoms with Crippen LogP contribution < -0.4 is 10.2 Å². The summed E-state index contributed by atoms with van der Waals surface area (Å²) >= 11 is 1.50. The van der Waals surface area contributed by atoms with Gasteiger partial charge in [0.25, 0.3) is 0 Å². The van der Waals surface area contributed by atoms with E-state index in [-0.39, 0.29) is 11.9 Å². The average Bonchev–Trinajstić information content (AvgIpc) is 3.25. The highest BCUT2D eigenvalue weighted by molar-refractivity contribution is 7.14. The van der Waals surface area contributed by atoms with Gasteiger partial charge in [0.05, 0.1) is 24.9 Å². The Hall–Kier alpha value is -1.81. The fourth-order valence-electron chi connectivity index (χ4n) is 3.16. The standard InChI is InChI=1S/C17H26N6O2S/c1-13(24)23(8-9-25-3)17-20-14(12-26-17)11-22-7-4-18-10-15(22)16-19-5-6-21(16)2/h5-6,12,15,18H,4,7-11H2,1-3H3. The normalized spacial score (nSPS) is 18.2. The molecule has 2 aromatic heterocycles. The van der Waals surface area contributed by atoms with Gasteiger partial charge < -0.3 is 14.6 Å². The van der Waals surface area contributed by atoms with E-state index in [2.05, 4.69) is 19.8 Å². The maximum Gasteiger partial charge on any atom is 0.225 e. The van der Waals surface area contributed by atoms with Gasteiger partial charge >= 0.3 is 0 Å². The summed E-state index contributed by atoms with van der Waals surface area (Å²) in [6.07, 6.45) is 3.81. The molecule has 0 spiro atoms. The minimum atomic E-state index is -0.0176. The number of anilines is 1. The summed E-state index contributed by atoms with van der Waals surface area (Å²) in [5.74, 6) is 1.04. The van der Waals surface area contributed by atoms with Gasteiger partial charge in [-0.2, -0.15) is 0 Å². The van der Waals surface area contributed by atoms with E-state index in [1.54, 1.807) is 18.9 Å². The zero-order valence-electron chi connectivity index (χ0n) is 15.5. The van der Waals surface area contributed by atoms with E-state index in [0.717, 1.165) is 42.8 Å². The fraction of sp³-hybridized carbons (Fsp3) is 0.588. The van der Waals surface area contributed by atoms with Crippen molar-refractivity contribution in [3.63, 3.8) is 0 Å². The summed E-state index contributed by atoms with van der Waals surface area (Å²) in [4.78, 5) is 25.2. The second-order valence-corrected chi connectivity index (χ2v) is 7.21. The Bertz CT molecular complexity index is 730. The Kier molecular flexibility index (Phi) is 6.36. The molecule has 1 atom stereocenters. The Labute approximate surface area is 157 Å². The van der Waals surface area contributed by atoms with Gasteiger partial charge in [-0.1, -0.05) is 0 Å². The van der Waals surface area contributed by atoms with Crippen molar-refractivity contribution in [3.8, 4) is 0 Å². The summed E-state index contributed by atoms with van der Waals surface area (Å²) in [7, 11) is 3.66. The molecule has 1 aliphatic heterocycles. The lowest BCUT2D eigenvalue weighted by Gasteiger charge is -2.35. The molecule has 0 aromatic carbocycles. The molecule has 0 saturated carbocycles. The smallest absolute Gasteiger partial charge is 0.225 e. The minimum absolute atomic E-state index is 0.0176. The van der Waals surface area contributed by atoms with Crippen LogP contribution in [0, 0.1) is 0 Å². The molecule has 1 unspecified atom stereocenters. The molecule has 8 nitrogen and oxygen atoms in total. The van der Waals surface area contributed by atoms with Crippen molar-refractivity contribution in [2.75, 3.05) is 44.8 Å². The van der Waals surface area contributed by atoms with Crippen molar-refractivity contribution in [1.82, 2.24) is 24.8 Å². The lowest BCUT2D eigenvalue weighted by Crippen LogP contribution is -2.46.